The molecule has 0 spiro atoms. The molecule has 0 unspecified atom stereocenters. The van der Waals surface area contributed by atoms with Crippen molar-refractivity contribution < 1.29 is 23.5 Å². The van der Waals surface area contributed by atoms with Gasteiger partial charge in [-0.1, -0.05) is 0 Å². The van der Waals surface area contributed by atoms with Crippen molar-refractivity contribution >= 4 is 29.7 Å². The molecule has 3 N–H and O–H groups in total. The molecule has 0 fully saturated rings. The molecule has 108 valence electrons. The van der Waals surface area contributed by atoms with Gasteiger partial charge < -0.3 is 10.5 Å². The first-order valence-electron chi connectivity index (χ1n) is 5.60. The zero-order valence-corrected chi connectivity index (χ0v) is 11.2. The van der Waals surface area contributed by atoms with E-state index < -0.39 is 24.5 Å². The number of nitrogens with one attached hydrogen (secondary N) is 1. The molecule has 0 radical (unpaired) electrons. The number of urea groups is 1. The van der Waals surface area contributed by atoms with E-state index in [1.165, 1.54) is 23.9 Å². The number of hydrogen-bond acceptors (Lipinski definition) is 5. The molecule has 0 aliphatic carbocycles. The number of imide groups is 1. The maximum Gasteiger partial charge on any atom is 0.318 e. The summed E-state index contributed by atoms with van der Waals surface area (Å²) in [5, 5.41) is 1.77. The molecule has 0 aliphatic rings. The fraction of sp³-hybridized carbons (Fsp3) is 0.250. The Labute approximate surface area is 118 Å². The molecule has 1 rings (SSSR count). The number of carbonyl (C=O) groups excluding carboxylic acids is 3. The molecule has 6 nitrogen and oxygen atoms in total. The third-order valence-electron chi connectivity index (χ3n) is 2.02. The highest BCUT2D eigenvalue weighted by Crippen LogP contribution is 2.18. The van der Waals surface area contributed by atoms with Crippen molar-refractivity contribution in [3.8, 4) is 0 Å². The summed E-state index contributed by atoms with van der Waals surface area (Å²) in [4.78, 5) is 33.4. The van der Waals surface area contributed by atoms with Gasteiger partial charge in [0, 0.05) is 10.6 Å². The zero-order chi connectivity index (χ0) is 15.0. The molecule has 8 heteroatoms. The van der Waals surface area contributed by atoms with Crippen LogP contribution in [0, 0.1) is 5.82 Å². The summed E-state index contributed by atoms with van der Waals surface area (Å²) >= 11 is 1.36. The van der Waals surface area contributed by atoms with Crippen LogP contribution in [0.25, 0.3) is 0 Å². The van der Waals surface area contributed by atoms with E-state index in [1.807, 2.05) is 0 Å². The first kappa shape index (κ1) is 16.0. The van der Waals surface area contributed by atoms with Gasteiger partial charge in [-0.3, -0.25) is 14.9 Å². The number of ether oxygens (including phenoxy) is 1. The predicted molar refractivity (Wildman–Crippen MR) is 70.4 cm³/mol. The number of hydrogen-bond donors (Lipinski definition) is 2. The van der Waals surface area contributed by atoms with Crippen LogP contribution in [0.15, 0.2) is 29.2 Å². The Kier molecular flexibility index (Phi) is 6.51. The van der Waals surface area contributed by atoms with Gasteiger partial charge >= 0.3 is 12.0 Å². The van der Waals surface area contributed by atoms with Gasteiger partial charge in [-0.25, -0.2) is 9.18 Å². The van der Waals surface area contributed by atoms with Crippen molar-refractivity contribution in [2.24, 2.45) is 5.73 Å². The smallest absolute Gasteiger partial charge is 0.318 e. The Morgan fingerprint density at radius 3 is 2.50 bits per heavy atom. The van der Waals surface area contributed by atoms with Crippen LogP contribution in [-0.4, -0.2) is 30.3 Å². The number of rotatable bonds is 6. The molecular weight excluding hydrogens is 287 g/mol. The fourth-order valence-electron chi connectivity index (χ4n) is 1.17. The highest BCUT2D eigenvalue weighted by molar-refractivity contribution is 7.99. The van der Waals surface area contributed by atoms with Crippen molar-refractivity contribution in [3.05, 3.63) is 30.1 Å². The third kappa shape index (κ3) is 6.74. The van der Waals surface area contributed by atoms with Crippen LogP contribution in [0.3, 0.4) is 0 Å². The van der Waals surface area contributed by atoms with Crippen molar-refractivity contribution in [2.45, 2.75) is 11.3 Å². The SMILES string of the molecule is NC(=O)NC(=O)COC(=O)CCSc1ccc(F)cc1. The van der Waals surface area contributed by atoms with Crippen LogP contribution in [0.4, 0.5) is 9.18 Å². The third-order valence-corrected chi connectivity index (χ3v) is 3.03. The standard InChI is InChI=1S/C12H13FN2O4S/c13-8-1-3-9(4-2-8)20-6-5-11(17)19-7-10(16)15-12(14)18/h1-4H,5-7H2,(H3,14,15,16,18). The van der Waals surface area contributed by atoms with E-state index in [-0.39, 0.29) is 12.2 Å². The number of amides is 3. The summed E-state index contributed by atoms with van der Waals surface area (Å²) in [6.07, 6.45) is 0.0892. The highest BCUT2D eigenvalue weighted by Gasteiger charge is 2.09. The van der Waals surface area contributed by atoms with E-state index in [0.717, 1.165) is 4.90 Å². The lowest BCUT2D eigenvalue weighted by molar-refractivity contribution is -0.147. The van der Waals surface area contributed by atoms with Gasteiger partial charge in [0.15, 0.2) is 6.61 Å². The number of thioether (sulfide) groups is 1. The zero-order valence-electron chi connectivity index (χ0n) is 10.4. The van der Waals surface area contributed by atoms with Gasteiger partial charge in [-0.2, -0.15) is 0 Å². The van der Waals surface area contributed by atoms with Crippen molar-refractivity contribution in [1.29, 1.82) is 0 Å². The van der Waals surface area contributed by atoms with Crippen LogP contribution >= 0.6 is 11.8 Å². The summed E-state index contributed by atoms with van der Waals surface area (Å²) in [6, 6.07) is 4.86. The summed E-state index contributed by atoms with van der Waals surface area (Å²) < 4.78 is 17.3. The molecule has 0 bridgehead atoms. The lowest BCUT2D eigenvalue weighted by atomic mass is 10.4. The van der Waals surface area contributed by atoms with Crippen molar-refractivity contribution in [1.82, 2.24) is 5.32 Å². The van der Waals surface area contributed by atoms with E-state index in [1.54, 1.807) is 17.4 Å². The minimum atomic E-state index is -1.00. The minimum Gasteiger partial charge on any atom is -0.456 e. The van der Waals surface area contributed by atoms with E-state index >= 15 is 0 Å². The molecule has 0 heterocycles. The first-order valence-corrected chi connectivity index (χ1v) is 6.59. The Morgan fingerprint density at radius 2 is 1.90 bits per heavy atom. The number of esters is 1. The minimum absolute atomic E-state index is 0.0892. The van der Waals surface area contributed by atoms with E-state index in [2.05, 4.69) is 4.74 Å². The van der Waals surface area contributed by atoms with Crippen molar-refractivity contribution in [3.63, 3.8) is 0 Å². The number of carbonyl (C=O) groups is 3. The van der Waals surface area contributed by atoms with Crippen molar-refractivity contribution in [2.75, 3.05) is 12.4 Å². The number of halogens is 1. The monoisotopic (exact) mass is 300 g/mol. The highest BCUT2D eigenvalue weighted by atomic mass is 32.2. The second-order valence-electron chi connectivity index (χ2n) is 3.63. The Bertz CT molecular complexity index is 493. The van der Waals surface area contributed by atoms with Gasteiger partial charge in [-0.15, -0.1) is 11.8 Å². The van der Waals surface area contributed by atoms with E-state index in [0.29, 0.717) is 5.75 Å². The summed E-state index contributed by atoms with van der Waals surface area (Å²) in [6.45, 7) is -0.553. The largest absolute Gasteiger partial charge is 0.456 e. The van der Waals surface area contributed by atoms with Crippen LogP contribution in [0.2, 0.25) is 0 Å². The summed E-state index contributed by atoms with van der Waals surface area (Å²) in [7, 11) is 0. The van der Waals surface area contributed by atoms with Crippen LogP contribution in [0.1, 0.15) is 6.42 Å². The molecule has 0 saturated carbocycles. The summed E-state index contributed by atoms with van der Waals surface area (Å²) in [5.74, 6) is -1.24. The van der Waals surface area contributed by atoms with E-state index in [4.69, 9.17) is 5.73 Å². The van der Waals surface area contributed by atoms with Gasteiger partial charge in [0.25, 0.3) is 5.91 Å². The lowest BCUT2D eigenvalue weighted by Gasteiger charge is -2.04. The second kappa shape index (κ2) is 8.16. The van der Waals surface area contributed by atoms with Gasteiger partial charge in [0.05, 0.1) is 6.42 Å². The normalized spacial score (nSPS) is 9.85. The van der Waals surface area contributed by atoms with Gasteiger partial charge in [0.2, 0.25) is 0 Å². The van der Waals surface area contributed by atoms with Crippen LogP contribution in [-0.2, 0) is 14.3 Å². The molecule has 20 heavy (non-hydrogen) atoms. The Hall–Kier alpha value is -2.09. The predicted octanol–water partition coefficient (Wildman–Crippen LogP) is 1.05. The molecule has 0 aliphatic heterocycles. The maximum atomic E-state index is 12.6. The molecule has 0 aromatic heterocycles. The quantitative estimate of drug-likeness (QED) is 0.604. The fourth-order valence-corrected chi connectivity index (χ4v) is 2.01. The van der Waals surface area contributed by atoms with Crippen LogP contribution < -0.4 is 11.1 Å². The van der Waals surface area contributed by atoms with Gasteiger partial charge in [0.1, 0.15) is 5.82 Å². The topological polar surface area (TPSA) is 98.5 Å². The Balaban J connectivity index is 2.18. The average molecular weight is 300 g/mol. The summed E-state index contributed by atoms with van der Waals surface area (Å²) in [5.41, 5.74) is 4.71. The number of primary amides is 1. The first-order chi connectivity index (χ1) is 9.47. The average Bonchev–Trinajstić information content (AvgIpc) is 2.38. The number of benzene rings is 1. The maximum absolute atomic E-state index is 12.6. The molecule has 3 amide bonds. The second-order valence-corrected chi connectivity index (χ2v) is 4.79. The molecule has 0 saturated heterocycles. The molecule has 0 atom stereocenters. The van der Waals surface area contributed by atoms with Gasteiger partial charge in [-0.05, 0) is 24.3 Å². The molecule has 1 aromatic carbocycles. The number of nitrogens with two attached hydrogens (primary N) is 1. The van der Waals surface area contributed by atoms with E-state index in [9.17, 15) is 18.8 Å². The lowest BCUT2D eigenvalue weighted by Crippen LogP contribution is -2.37. The van der Waals surface area contributed by atoms with Crippen LogP contribution in [0.5, 0.6) is 0 Å². The molecule has 1 aromatic rings. The molecular formula is C12H13FN2O4S. The Morgan fingerprint density at radius 1 is 1.25 bits per heavy atom.